The Labute approximate surface area is 111 Å². The molecule has 2 aromatic heterocycles. The second-order valence-corrected chi connectivity index (χ2v) is 4.24. The molecule has 0 amide bonds. The first-order chi connectivity index (χ1) is 8.77. The lowest BCUT2D eigenvalue weighted by Gasteiger charge is -2.18. The maximum absolute atomic E-state index is 6.21. The summed E-state index contributed by atoms with van der Waals surface area (Å²) >= 11 is 6.21. The Kier molecular flexibility index (Phi) is 4.28. The highest BCUT2D eigenvalue weighted by atomic mass is 35.5. The normalized spacial score (nSPS) is 12.6. The van der Waals surface area contributed by atoms with E-state index >= 15 is 0 Å². The molecule has 0 radical (unpaired) electrons. The van der Waals surface area contributed by atoms with Crippen LogP contribution >= 0.6 is 11.6 Å². The maximum Gasteiger partial charge on any atom is 0.0953 e. The van der Waals surface area contributed by atoms with Gasteiger partial charge in [-0.2, -0.15) is 0 Å². The Morgan fingerprint density at radius 3 is 2.94 bits per heavy atom. The van der Waals surface area contributed by atoms with Gasteiger partial charge < -0.3 is 5.32 Å². The molecule has 0 aliphatic carbocycles. The number of hydrogen-bond donors (Lipinski definition) is 1. The Balaban J connectivity index is 2.43. The highest BCUT2D eigenvalue weighted by Crippen LogP contribution is 2.25. The van der Waals surface area contributed by atoms with Crippen molar-refractivity contribution in [1.82, 2.24) is 25.3 Å². The van der Waals surface area contributed by atoms with E-state index in [2.05, 4.69) is 20.6 Å². The summed E-state index contributed by atoms with van der Waals surface area (Å²) < 4.78 is 1.85. The average Bonchev–Trinajstić information content (AvgIpc) is 2.85. The van der Waals surface area contributed by atoms with Crippen LogP contribution in [0.4, 0.5) is 0 Å². The number of nitrogens with zero attached hydrogens (tertiary/aromatic N) is 4. The quantitative estimate of drug-likeness (QED) is 0.899. The van der Waals surface area contributed by atoms with Crippen molar-refractivity contribution in [2.75, 3.05) is 6.54 Å². The van der Waals surface area contributed by atoms with E-state index in [4.69, 9.17) is 11.6 Å². The molecule has 0 bridgehead atoms. The van der Waals surface area contributed by atoms with Gasteiger partial charge in [0.05, 0.1) is 28.6 Å². The van der Waals surface area contributed by atoms with Gasteiger partial charge >= 0.3 is 0 Å². The van der Waals surface area contributed by atoms with Crippen molar-refractivity contribution in [3.05, 3.63) is 40.9 Å². The molecule has 0 aliphatic heterocycles. The summed E-state index contributed by atoms with van der Waals surface area (Å²) in [5, 5.41) is 12.0. The zero-order valence-electron chi connectivity index (χ0n) is 10.5. The fourth-order valence-electron chi connectivity index (χ4n) is 1.89. The molecule has 96 valence electrons. The standard InChI is InChI=1S/C12H16ClN5/c1-3-14-12(10-8-16-17-18(10)4-2)11-9(13)6-5-7-15-11/h5-8,12,14H,3-4H2,1-2H3. The van der Waals surface area contributed by atoms with Crippen LogP contribution < -0.4 is 5.32 Å². The number of pyridine rings is 1. The number of rotatable bonds is 5. The highest BCUT2D eigenvalue weighted by Gasteiger charge is 2.21. The molecule has 2 rings (SSSR count). The van der Waals surface area contributed by atoms with E-state index in [9.17, 15) is 0 Å². The molecule has 0 saturated heterocycles. The predicted molar refractivity (Wildman–Crippen MR) is 70.5 cm³/mol. The molecule has 0 spiro atoms. The third-order valence-electron chi connectivity index (χ3n) is 2.71. The van der Waals surface area contributed by atoms with Crippen LogP contribution in [0.5, 0.6) is 0 Å². The van der Waals surface area contributed by atoms with Crippen LogP contribution in [-0.4, -0.2) is 26.5 Å². The van der Waals surface area contributed by atoms with E-state index in [1.165, 1.54) is 0 Å². The second-order valence-electron chi connectivity index (χ2n) is 3.84. The van der Waals surface area contributed by atoms with Gasteiger partial charge in [0, 0.05) is 12.7 Å². The first kappa shape index (κ1) is 13.0. The number of hydrogen-bond acceptors (Lipinski definition) is 4. The number of halogens is 1. The van der Waals surface area contributed by atoms with Crippen molar-refractivity contribution < 1.29 is 0 Å². The fourth-order valence-corrected chi connectivity index (χ4v) is 2.12. The lowest BCUT2D eigenvalue weighted by molar-refractivity contribution is 0.528. The lowest BCUT2D eigenvalue weighted by Crippen LogP contribution is -2.26. The van der Waals surface area contributed by atoms with E-state index in [-0.39, 0.29) is 6.04 Å². The van der Waals surface area contributed by atoms with Gasteiger partial charge in [-0.05, 0) is 25.6 Å². The lowest BCUT2D eigenvalue weighted by atomic mass is 10.1. The van der Waals surface area contributed by atoms with Crippen LogP contribution in [0.1, 0.15) is 31.3 Å². The molecule has 6 heteroatoms. The molecular formula is C12H16ClN5. The summed E-state index contributed by atoms with van der Waals surface area (Å²) in [5.41, 5.74) is 1.78. The Bertz CT molecular complexity index is 511. The van der Waals surface area contributed by atoms with E-state index < -0.39 is 0 Å². The molecule has 1 unspecified atom stereocenters. The zero-order valence-corrected chi connectivity index (χ0v) is 11.2. The molecule has 2 aromatic rings. The van der Waals surface area contributed by atoms with Gasteiger partial charge in [-0.1, -0.05) is 23.7 Å². The van der Waals surface area contributed by atoms with Gasteiger partial charge in [-0.25, -0.2) is 4.68 Å². The molecule has 0 aliphatic rings. The van der Waals surface area contributed by atoms with Crippen LogP contribution in [0.2, 0.25) is 5.02 Å². The molecular weight excluding hydrogens is 250 g/mol. The molecule has 0 saturated carbocycles. The number of aromatic nitrogens is 4. The van der Waals surface area contributed by atoms with Crippen molar-refractivity contribution in [2.24, 2.45) is 0 Å². The van der Waals surface area contributed by atoms with Crippen LogP contribution in [0.15, 0.2) is 24.5 Å². The molecule has 5 nitrogen and oxygen atoms in total. The van der Waals surface area contributed by atoms with Crippen molar-refractivity contribution in [3.63, 3.8) is 0 Å². The number of nitrogens with one attached hydrogen (secondary N) is 1. The first-order valence-electron chi connectivity index (χ1n) is 6.00. The van der Waals surface area contributed by atoms with Crippen LogP contribution in [0.25, 0.3) is 0 Å². The van der Waals surface area contributed by atoms with E-state index in [0.29, 0.717) is 5.02 Å². The first-order valence-corrected chi connectivity index (χ1v) is 6.37. The van der Waals surface area contributed by atoms with Crippen LogP contribution in [0, 0.1) is 0 Å². The molecule has 0 aromatic carbocycles. The topological polar surface area (TPSA) is 55.6 Å². The third-order valence-corrected chi connectivity index (χ3v) is 3.03. The summed E-state index contributed by atoms with van der Waals surface area (Å²) in [4.78, 5) is 4.37. The predicted octanol–water partition coefficient (Wildman–Crippen LogP) is 2.05. The fraction of sp³-hybridized carbons (Fsp3) is 0.417. The molecule has 18 heavy (non-hydrogen) atoms. The van der Waals surface area contributed by atoms with E-state index in [1.807, 2.05) is 30.7 Å². The summed E-state index contributed by atoms with van der Waals surface area (Å²) in [6.45, 7) is 5.65. The van der Waals surface area contributed by atoms with E-state index in [1.54, 1.807) is 12.4 Å². The summed E-state index contributed by atoms with van der Waals surface area (Å²) in [7, 11) is 0. The second kappa shape index (κ2) is 5.93. The Morgan fingerprint density at radius 2 is 2.28 bits per heavy atom. The monoisotopic (exact) mass is 265 g/mol. The minimum absolute atomic E-state index is 0.0846. The van der Waals surface area contributed by atoms with Gasteiger partial charge in [0.1, 0.15) is 0 Å². The van der Waals surface area contributed by atoms with Crippen molar-refractivity contribution >= 4 is 11.6 Å². The van der Waals surface area contributed by atoms with Gasteiger partial charge in [-0.15, -0.1) is 5.10 Å². The molecule has 1 atom stereocenters. The smallest absolute Gasteiger partial charge is 0.0953 e. The highest BCUT2D eigenvalue weighted by molar-refractivity contribution is 6.31. The zero-order chi connectivity index (χ0) is 13.0. The largest absolute Gasteiger partial charge is 0.304 e. The maximum atomic E-state index is 6.21. The Hall–Kier alpha value is -1.46. The average molecular weight is 266 g/mol. The summed E-state index contributed by atoms with van der Waals surface area (Å²) in [6.07, 6.45) is 3.49. The van der Waals surface area contributed by atoms with Crippen molar-refractivity contribution in [3.8, 4) is 0 Å². The molecule has 1 N–H and O–H groups in total. The van der Waals surface area contributed by atoms with Crippen LogP contribution in [0.3, 0.4) is 0 Å². The minimum Gasteiger partial charge on any atom is -0.304 e. The van der Waals surface area contributed by atoms with E-state index in [0.717, 1.165) is 24.5 Å². The SMILES string of the molecule is CCNC(c1ncccc1Cl)c1cnnn1CC. The Morgan fingerprint density at radius 1 is 1.44 bits per heavy atom. The van der Waals surface area contributed by atoms with Gasteiger partial charge in [-0.3, -0.25) is 4.98 Å². The van der Waals surface area contributed by atoms with Crippen molar-refractivity contribution in [1.29, 1.82) is 0 Å². The summed E-state index contributed by atoms with van der Waals surface area (Å²) in [5.74, 6) is 0. The molecule has 2 heterocycles. The van der Waals surface area contributed by atoms with Gasteiger partial charge in [0.15, 0.2) is 0 Å². The minimum atomic E-state index is -0.0846. The molecule has 0 fully saturated rings. The van der Waals surface area contributed by atoms with Gasteiger partial charge in [0.2, 0.25) is 0 Å². The summed E-state index contributed by atoms with van der Waals surface area (Å²) in [6, 6.07) is 3.58. The van der Waals surface area contributed by atoms with Crippen LogP contribution in [-0.2, 0) is 6.54 Å². The van der Waals surface area contributed by atoms with Gasteiger partial charge in [0.25, 0.3) is 0 Å². The number of aryl methyl sites for hydroxylation is 1. The third kappa shape index (κ3) is 2.52. The van der Waals surface area contributed by atoms with Crippen molar-refractivity contribution in [2.45, 2.75) is 26.4 Å².